The molecule has 0 bridgehead atoms. The zero-order valence-corrected chi connectivity index (χ0v) is 14.6. The predicted octanol–water partition coefficient (Wildman–Crippen LogP) is 2.61. The Balaban J connectivity index is 1.66. The molecule has 1 aliphatic heterocycles. The number of nitrogens with zero attached hydrogens (tertiary/aromatic N) is 4. The summed E-state index contributed by atoms with van der Waals surface area (Å²) in [5, 5.41) is 25.1. The number of hydrogen-bond donors (Lipinski definition) is 1. The fourth-order valence-electron chi connectivity index (χ4n) is 3.62. The summed E-state index contributed by atoms with van der Waals surface area (Å²) in [4.78, 5) is 12.6. The van der Waals surface area contributed by atoms with Crippen molar-refractivity contribution in [3.63, 3.8) is 0 Å². The normalized spacial score (nSPS) is 19.2. The second kappa shape index (κ2) is 7.33. The van der Waals surface area contributed by atoms with E-state index in [0.717, 1.165) is 19.4 Å². The minimum Gasteiger partial charge on any atom is -0.390 e. The third-order valence-corrected chi connectivity index (χ3v) is 5.04. The largest absolute Gasteiger partial charge is 0.390 e. The summed E-state index contributed by atoms with van der Waals surface area (Å²) in [7, 11) is 0. The molecule has 0 aliphatic carbocycles. The highest BCUT2D eigenvalue weighted by Crippen LogP contribution is 2.34. The van der Waals surface area contributed by atoms with E-state index in [0.29, 0.717) is 12.6 Å². The molecule has 0 amide bonds. The molecule has 25 heavy (non-hydrogen) atoms. The Kier molecular flexibility index (Phi) is 5.15. The fourth-order valence-corrected chi connectivity index (χ4v) is 3.62. The number of aryl methyl sites for hydroxylation is 1. The Labute approximate surface area is 147 Å². The number of aliphatic hydroxyl groups excluding tert-OH is 1. The highest BCUT2D eigenvalue weighted by molar-refractivity contribution is 5.35. The minimum atomic E-state index is -0.620. The van der Waals surface area contributed by atoms with Gasteiger partial charge in [-0.3, -0.25) is 19.7 Å². The van der Waals surface area contributed by atoms with E-state index in [9.17, 15) is 15.2 Å². The van der Waals surface area contributed by atoms with Crippen LogP contribution in [0.25, 0.3) is 0 Å². The number of rotatable bonds is 6. The molecule has 0 saturated carbocycles. The van der Waals surface area contributed by atoms with E-state index in [2.05, 4.69) is 42.0 Å². The van der Waals surface area contributed by atoms with E-state index >= 15 is 0 Å². The van der Waals surface area contributed by atoms with Crippen LogP contribution < -0.4 is 0 Å². The van der Waals surface area contributed by atoms with Crippen LogP contribution in [0.1, 0.15) is 35.6 Å². The summed E-state index contributed by atoms with van der Waals surface area (Å²) < 4.78 is 1.44. The zero-order valence-electron chi connectivity index (χ0n) is 14.6. The molecule has 0 radical (unpaired) electrons. The highest BCUT2D eigenvalue weighted by Gasteiger charge is 2.29. The van der Waals surface area contributed by atoms with Crippen molar-refractivity contribution in [1.82, 2.24) is 14.7 Å². The number of aliphatic hydroxyl groups is 1. The van der Waals surface area contributed by atoms with Crippen molar-refractivity contribution < 1.29 is 10.0 Å². The van der Waals surface area contributed by atoms with Gasteiger partial charge >= 0.3 is 5.69 Å². The van der Waals surface area contributed by atoms with Gasteiger partial charge in [0.2, 0.25) is 0 Å². The van der Waals surface area contributed by atoms with Gasteiger partial charge in [-0.15, -0.1) is 0 Å². The van der Waals surface area contributed by atoms with Crippen molar-refractivity contribution in [1.29, 1.82) is 0 Å². The van der Waals surface area contributed by atoms with Crippen LogP contribution in [-0.2, 0) is 6.54 Å². The summed E-state index contributed by atoms with van der Waals surface area (Å²) >= 11 is 0. The van der Waals surface area contributed by atoms with Crippen LogP contribution in [0.2, 0.25) is 0 Å². The molecule has 1 saturated heterocycles. The monoisotopic (exact) mass is 344 g/mol. The minimum absolute atomic E-state index is 0.0540. The molecule has 1 aliphatic rings. The van der Waals surface area contributed by atoms with Crippen LogP contribution in [-0.4, -0.2) is 43.9 Å². The van der Waals surface area contributed by atoms with Gasteiger partial charge in [0.25, 0.3) is 0 Å². The number of nitro groups is 1. The first kappa shape index (κ1) is 17.6. The van der Waals surface area contributed by atoms with Crippen molar-refractivity contribution in [3.8, 4) is 0 Å². The van der Waals surface area contributed by atoms with Crippen LogP contribution >= 0.6 is 0 Å². The van der Waals surface area contributed by atoms with Gasteiger partial charge in [-0.25, -0.2) is 0 Å². The van der Waals surface area contributed by atoms with Crippen molar-refractivity contribution in [3.05, 3.63) is 57.4 Å². The maximum atomic E-state index is 10.7. The maximum Gasteiger partial charge on any atom is 0.306 e. The first-order chi connectivity index (χ1) is 12.0. The molecule has 7 heteroatoms. The molecular formula is C18H24N4O3. The Morgan fingerprint density at radius 3 is 2.92 bits per heavy atom. The Morgan fingerprint density at radius 1 is 1.40 bits per heavy atom. The van der Waals surface area contributed by atoms with Gasteiger partial charge in [-0.2, -0.15) is 5.10 Å². The number of likely N-dealkylation sites (tertiary alicyclic amines) is 1. The average Bonchev–Trinajstić information content (AvgIpc) is 3.20. The first-order valence-electron chi connectivity index (χ1n) is 8.61. The van der Waals surface area contributed by atoms with Gasteiger partial charge in [-0.1, -0.05) is 18.2 Å². The Hall–Kier alpha value is -2.25. The molecule has 1 fully saturated rings. The van der Waals surface area contributed by atoms with E-state index in [1.54, 1.807) is 0 Å². The molecule has 2 unspecified atom stereocenters. The quantitative estimate of drug-likeness (QED) is 0.643. The van der Waals surface area contributed by atoms with E-state index in [4.69, 9.17) is 0 Å². The number of benzene rings is 1. The lowest BCUT2D eigenvalue weighted by atomic mass is 9.96. The number of β-amino-alcohol motifs (C(OH)–C–C–N with tert-alkyl or cyclic N) is 1. The van der Waals surface area contributed by atoms with Crippen LogP contribution in [0, 0.1) is 24.0 Å². The van der Waals surface area contributed by atoms with Crippen LogP contribution in [0.5, 0.6) is 0 Å². The van der Waals surface area contributed by atoms with Crippen LogP contribution in [0.15, 0.2) is 30.6 Å². The molecule has 7 nitrogen and oxygen atoms in total. The molecule has 3 rings (SSSR count). The van der Waals surface area contributed by atoms with Crippen LogP contribution in [0.4, 0.5) is 5.69 Å². The lowest BCUT2D eigenvalue weighted by Crippen LogP contribution is -2.34. The third kappa shape index (κ3) is 3.88. The number of hydrogen-bond acceptors (Lipinski definition) is 5. The lowest BCUT2D eigenvalue weighted by molar-refractivity contribution is -0.385. The maximum absolute atomic E-state index is 10.7. The van der Waals surface area contributed by atoms with Crippen molar-refractivity contribution in [2.45, 2.75) is 45.4 Å². The molecule has 0 spiro atoms. The molecule has 2 aromatic rings. The summed E-state index contributed by atoms with van der Waals surface area (Å²) in [6.07, 6.45) is 4.14. The zero-order chi connectivity index (χ0) is 18.0. The van der Waals surface area contributed by atoms with Gasteiger partial charge in [0, 0.05) is 12.6 Å². The molecule has 1 aromatic carbocycles. The predicted molar refractivity (Wildman–Crippen MR) is 94.4 cm³/mol. The molecule has 1 aromatic heterocycles. The van der Waals surface area contributed by atoms with Crippen molar-refractivity contribution in [2.75, 3.05) is 13.1 Å². The Bertz CT molecular complexity index is 759. The highest BCUT2D eigenvalue weighted by atomic mass is 16.6. The van der Waals surface area contributed by atoms with E-state index in [1.165, 1.54) is 33.8 Å². The lowest BCUT2D eigenvalue weighted by Gasteiger charge is -2.28. The van der Waals surface area contributed by atoms with Crippen molar-refractivity contribution >= 4 is 5.69 Å². The van der Waals surface area contributed by atoms with E-state index in [1.807, 2.05) is 0 Å². The molecular weight excluding hydrogens is 320 g/mol. The fraction of sp³-hybridized carbons (Fsp3) is 0.500. The summed E-state index contributed by atoms with van der Waals surface area (Å²) in [6, 6.07) is 6.71. The second-order valence-electron chi connectivity index (χ2n) is 6.77. The topological polar surface area (TPSA) is 84.4 Å². The summed E-state index contributed by atoms with van der Waals surface area (Å²) in [6.45, 7) is 6.02. The smallest absolute Gasteiger partial charge is 0.306 e. The standard InChI is InChI=1S/C18H24N4O3/c1-13-5-3-6-17(14(13)2)18-7-4-8-20(18)11-16(23)12-21-10-15(9-19-21)22(24)25/h3,5-6,9-10,16,18,23H,4,7-8,11-12H2,1-2H3. The SMILES string of the molecule is Cc1cccc(C2CCCN2CC(O)Cn2cc([N+](=O)[O-])cn2)c1C. The van der Waals surface area contributed by atoms with Gasteiger partial charge in [0.05, 0.1) is 17.6 Å². The van der Waals surface area contributed by atoms with Gasteiger partial charge in [0.1, 0.15) is 12.4 Å². The summed E-state index contributed by atoms with van der Waals surface area (Å²) in [5.74, 6) is 0. The van der Waals surface area contributed by atoms with Gasteiger partial charge < -0.3 is 5.11 Å². The molecule has 1 N–H and O–H groups in total. The summed E-state index contributed by atoms with van der Waals surface area (Å²) in [5.41, 5.74) is 3.88. The molecule has 2 atom stereocenters. The van der Waals surface area contributed by atoms with E-state index < -0.39 is 11.0 Å². The van der Waals surface area contributed by atoms with Crippen LogP contribution in [0.3, 0.4) is 0 Å². The molecule has 134 valence electrons. The Morgan fingerprint density at radius 2 is 2.20 bits per heavy atom. The van der Waals surface area contributed by atoms with E-state index in [-0.39, 0.29) is 12.2 Å². The molecule has 2 heterocycles. The first-order valence-corrected chi connectivity index (χ1v) is 8.61. The average molecular weight is 344 g/mol. The van der Waals surface area contributed by atoms with Gasteiger partial charge in [0.15, 0.2) is 0 Å². The second-order valence-corrected chi connectivity index (χ2v) is 6.77. The van der Waals surface area contributed by atoms with Gasteiger partial charge in [-0.05, 0) is 49.9 Å². The van der Waals surface area contributed by atoms with Crippen molar-refractivity contribution in [2.24, 2.45) is 0 Å². The number of aromatic nitrogens is 2. The third-order valence-electron chi connectivity index (χ3n) is 5.04.